The van der Waals surface area contributed by atoms with Crippen molar-refractivity contribution in [3.8, 4) is 0 Å². The zero-order valence-corrected chi connectivity index (χ0v) is 6.24. The summed E-state index contributed by atoms with van der Waals surface area (Å²) in [7, 11) is 0. The molecule has 1 heteroatoms. The molecule has 1 aliphatic rings. The van der Waals surface area contributed by atoms with E-state index in [2.05, 4.69) is 22.9 Å². The van der Waals surface area contributed by atoms with Gasteiger partial charge in [0.25, 0.3) is 0 Å². The van der Waals surface area contributed by atoms with Crippen LogP contribution < -0.4 is 0 Å². The molecule has 7 heavy (non-hydrogen) atoms. The second kappa shape index (κ2) is 2.17. The van der Waals surface area contributed by atoms with Crippen molar-refractivity contribution < 1.29 is 0 Å². The van der Waals surface area contributed by atoms with Gasteiger partial charge in [-0.15, -0.1) is 0 Å². The van der Waals surface area contributed by atoms with Crippen molar-refractivity contribution in [2.75, 3.05) is 5.33 Å². The first kappa shape index (κ1) is 5.61. The van der Waals surface area contributed by atoms with E-state index in [4.69, 9.17) is 0 Å². The molecule has 0 aromatic rings. The van der Waals surface area contributed by atoms with Crippen molar-refractivity contribution in [1.82, 2.24) is 0 Å². The van der Waals surface area contributed by atoms with Crippen LogP contribution in [-0.4, -0.2) is 5.33 Å². The highest BCUT2D eigenvalue weighted by molar-refractivity contribution is 9.09. The van der Waals surface area contributed by atoms with Gasteiger partial charge in [-0.1, -0.05) is 22.9 Å². The topological polar surface area (TPSA) is 0 Å². The fraction of sp³-hybridized carbons (Fsp3) is 1.00. The second-order valence-corrected chi connectivity index (χ2v) is 3.12. The molecule has 0 saturated heterocycles. The first-order valence-corrected chi connectivity index (χ1v) is 4.02. The van der Waals surface area contributed by atoms with E-state index in [0.717, 1.165) is 11.8 Å². The van der Waals surface area contributed by atoms with E-state index in [1.165, 1.54) is 18.2 Å². The summed E-state index contributed by atoms with van der Waals surface area (Å²) >= 11 is 3.46. The first-order chi connectivity index (χ1) is 3.34. The average molecular weight is 163 g/mol. The van der Waals surface area contributed by atoms with Crippen LogP contribution in [0.25, 0.3) is 0 Å². The van der Waals surface area contributed by atoms with Gasteiger partial charge < -0.3 is 0 Å². The summed E-state index contributed by atoms with van der Waals surface area (Å²) in [6.45, 7) is 2.31. The molecule has 1 saturated carbocycles. The van der Waals surface area contributed by atoms with Gasteiger partial charge in [0.15, 0.2) is 0 Å². The number of rotatable bonds is 2. The van der Waals surface area contributed by atoms with Gasteiger partial charge in [0, 0.05) is 5.33 Å². The predicted octanol–water partition coefficient (Wildman–Crippen LogP) is 2.43. The summed E-state index contributed by atoms with van der Waals surface area (Å²) in [4.78, 5) is 0. The molecule has 0 aromatic carbocycles. The fourth-order valence-electron chi connectivity index (χ4n) is 0.791. The van der Waals surface area contributed by atoms with Crippen LogP contribution in [0, 0.1) is 11.8 Å². The lowest BCUT2D eigenvalue weighted by atomic mass is 10.1. The highest BCUT2D eigenvalue weighted by atomic mass is 79.9. The SMILES string of the molecule is CC(CBr)C1CC1. The van der Waals surface area contributed by atoms with Crippen LogP contribution in [0.15, 0.2) is 0 Å². The van der Waals surface area contributed by atoms with Gasteiger partial charge in [0.1, 0.15) is 0 Å². The molecule has 0 heterocycles. The van der Waals surface area contributed by atoms with Gasteiger partial charge >= 0.3 is 0 Å². The minimum atomic E-state index is 0.931. The lowest BCUT2D eigenvalue weighted by Crippen LogP contribution is -1.95. The van der Waals surface area contributed by atoms with Crippen molar-refractivity contribution in [1.29, 1.82) is 0 Å². The molecule has 1 aliphatic carbocycles. The summed E-state index contributed by atoms with van der Waals surface area (Å²) in [5, 5.41) is 1.19. The lowest BCUT2D eigenvalue weighted by molar-refractivity contribution is 0.577. The largest absolute Gasteiger partial charge is 0.0925 e. The molecule has 0 radical (unpaired) electrons. The minimum absolute atomic E-state index is 0.931. The van der Waals surface area contributed by atoms with E-state index in [-0.39, 0.29) is 0 Å². The molecule has 1 fully saturated rings. The summed E-state index contributed by atoms with van der Waals surface area (Å²) in [6.07, 6.45) is 2.96. The molecule has 0 nitrogen and oxygen atoms in total. The number of hydrogen-bond acceptors (Lipinski definition) is 0. The molecule has 0 bridgehead atoms. The van der Waals surface area contributed by atoms with E-state index >= 15 is 0 Å². The van der Waals surface area contributed by atoms with Gasteiger partial charge in [0.2, 0.25) is 0 Å². The van der Waals surface area contributed by atoms with Crippen molar-refractivity contribution in [3.05, 3.63) is 0 Å². The molecule has 0 aliphatic heterocycles. The summed E-state index contributed by atoms with van der Waals surface area (Å²) < 4.78 is 0. The van der Waals surface area contributed by atoms with Crippen molar-refractivity contribution in [2.24, 2.45) is 11.8 Å². The lowest BCUT2D eigenvalue weighted by Gasteiger charge is -2.00. The normalized spacial score (nSPS) is 24.9. The third kappa shape index (κ3) is 1.45. The van der Waals surface area contributed by atoms with Gasteiger partial charge in [-0.3, -0.25) is 0 Å². The molecule has 0 N–H and O–H groups in total. The maximum Gasteiger partial charge on any atom is 0.00596 e. The Hall–Kier alpha value is 0.480. The third-order valence-corrected chi connectivity index (χ3v) is 2.69. The van der Waals surface area contributed by atoms with E-state index < -0.39 is 0 Å². The zero-order valence-electron chi connectivity index (χ0n) is 4.65. The Morgan fingerprint density at radius 2 is 2.29 bits per heavy atom. The Bertz CT molecular complexity index is 57.2. The fourth-order valence-corrected chi connectivity index (χ4v) is 1.32. The van der Waals surface area contributed by atoms with Gasteiger partial charge in [0.05, 0.1) is 0 Å². The second-order valence-electron chi connectivity index (χ2n) is 2.47. The van der Waals surface area contributed by atoms with E-state index in [9.17, 15) is 0 Å². The quantitative estimate of drug-likeness (QED) is 0.548. The highest BCUT2D eigenvalue weighted by Crippen LogP contribution is 2.37. The Balaban J connectivity index is 2.10. The van der Waals surface area contributed by atoms with Crippen molar-refractivity contribution >= 4 is 15.9 Å². The first-order valence-electron chi connectivity index (χ1n) is 2.90. The summed E-state index contributed by atoms with van der Waals surface area (Å²) in [5.74, 6) is 2.00. The van der Waals surface area contributed by atoms with E-state index in [1.54, 1.807) is 0 Å². The van der Waals surface area contributed by atoms with Gasteiger partial charge in [-0.05, 0) is 24.7 Å². The zero-order chi connectivity index (χ0) is 5.28. The standard InChI is InChI=1S/C6H11Br/c1-5(4-7)6-2-3-6/h5-6H,2-4H2,1H3. The van der Waals surface area contributed by atoms with Crippen LogP contribution in [0.4, 0.5) is 0 Å². The van der Waals surface area contributed by atoms with Crippen LogP contribution in [-0.2, 0) is 0 Å². The Labute approximate surface area is 53.4 Å². The van der Waals surface area contributed by atoms with Crippen LogP contribution in [0.5, 0.6) is 0 Å². The Morgan fingerprint density at radius 1 is 1.71 bits per heavy atom. The Kier molecular flexibility index (Phi) is 1.74. The van der Waals surface area contributed by atoms with Crippen LogP contribution in [0.2, 0.25) is 0 Å². The molecule has 42 valence electrons. The molecular weight excluding hydrogens is 152 g/mol. The van der Waals surface area contributed by atoms with Gasteiger partial charge in [-0.2, -0.15) is 0 Å². The molecule has 0 amide bonds. The molecular formula is C6H11Br. The van der Waals surface area contributed by atoms with Crippen LogP contribution >= 0.6 is 15.9 Å². The Morgan fingerprint density at radius 3 is 2.43 bits per heavy atom. The molecule has 1 atom stereocenters. The van der Waals surface area contributed by atoms with Crippen LogP contribution in [0.3, 0.4) is 0 Å². The van der Waals surface area contributed by atoms with Crippen molar-refractivity contribution in [3.63, 3.8) is 0 Å². The maximum absolute atomic E-state index is 3.46. The smallest absolute Gasteiger partial charge is 0.00596 e. The third-order valence-electron chi connectivity index (χ3n) is 1.67. The average Bonchev–Trinajstić information content (AvgIpc) is 2.44. The summed E-state index contributed by atoms with van der Waals surface area (Å²) in [5.41, 5.74) is 0. The number of hydrogen-bond donors (Lipinski definition) is 0. The summed E-state index contributed by atoms with van der Waals surface area (Å²) in [6, 6.07) is 0. The molecule has 1 unspecified atom stereocenters. The van der Waals surface area contributed by atoms with Gasteiger partial charge in [-0.25, -0.2) is 0 Å². The van der Waals surface area contributed by atoms with Crippen LogP contribution in [0.1, 0.15) is 19.8 Å². The van der Waals surface area contributed by atoms with Crippen molar-refractivity contribution in [2.45, 2.75) is 19.8 Å². The predicted molar refractivity (Wildman–Crippen MR) is 35.7 cm³/mol. The molecule has 1 rings (SSSR count). The van der Waals surface area contributed by atoms with E-state index in [1.807, 2.05) is 0 Å². The minimum Gasteiger partial charge on any atom is -0.0925 e. The maximum atomic E-state index is 3.46. The highest BCUT2D eigenvalue weighted by Gasteiger charge is 2.26. The monoisotopic (exact) mass is 162 g/mol. The molecule has 0 spiro atoms. The van der Waals surface area contributed by atoms with E-state index in [0.29, 0.717) is 0 Å². The molecule has 0 aromatic heterocycles. The number of halogens is 1. The number of alkyl halides is 1.